The molecule has 1 aliphatic rings. The van der Waals surface area contributed by atoms with Gasteiger partial charge >= 0.3 is 0 Å². The van der Waals surface area contributed by atoms with E-state index in [-0.39, 0.29) is 0 Å². The van der Waals surface area contributed by atoms with Gasteiger partial charge in [-0.3, -0.25) is 4.98 Å². The highest BCUT2D eigenvalue weighted by molar-refractivity contribution is 5.74. The van der Waals surface area contributed by atoms with Crippen molar-refractivity contribution >= 4 is 11.0 Å². The fraction of sp³-hybridized carbons (Fsp3) is 0.538. The van der Waals surface area contributed by atoms with Crippen LogP contribution in [0.1, 0.15) is 25.6 Å². The second-order valence-electron chi connectivity index (χ2n) is 4.71. The van der Waals surface area contributed by atoms with Crippen molar-refractivity contribution in [1.82, 2.24) is 19.9 Å². The molecular formula is C13H18N4. The van der Waals surface area contributed by atoms with E-state index in [9.17, 15) is 0 Å². The van der Waals surface area contributed by atoms with Crippen LogP contribution in [-0.2, 0) is 13.1 Å². The molecule has 2 heterocycles. The Morgan fingerprint density at radius 3 is 3.12 bits per heavy atom. The number of nitrogens with zero attached hydrogens (tertiary/aromatic N) is 3. The van der Waals surface area contributed by atoms with Crippen LogP contribution in [0.5, 0.6) is 0 Å². The van der Waals surface area contributed by atoms with Gasteiger partial charge in [0, 0.05) is 12.7 Å². The highest BCUT2D eigenvalue weighted by Crippen LogP contribution is 2.27. The van der Waals surface area contributed by atoms with Gasteiger partial charge in [-0.2, -0.15) is 0 Å². The van der Waals surface area contributed by atoms with Crippen molar-refractivity contribution < 1.29 is 0 Å². The Morgan fingerprint density at radius 1 is 1.47 bits per heavy atom. The van der Waals surface area contributed by atoms with Crippen molar-refractivity contribution in [2.24, 2.45) is 5.92 Å². The van der Waals surface area contributed by atoms with Crippen LogP contribution < -0.4 is 5.32 Å². The van der Waals surface area contributed by atoms with Gasteiger partial charge < -0.3 is 9.88 Å². The summed E-state index contributed by atoms with van der Waals surface area (Å²) in [6.07, 6.45) is 6.45. The number of aryl methyl sites for hydroxylation is 1. The zero-order valence-corrected chi connectivity index (χ0v) is 10.2. The average Bonchev–Trinajstić information content (AvgIpc) is 3.09. The van der Waals surface area contributed by atoms with Gasteiger partial charge in [0.2, 0.25) is 0 Å². The van der Waals surface area contributed by atoms with Gasteiger partial charge in [-0.25, -0.2) is 4.98 Å². The van der Waals surface area contributed by atoms with E-state index in [0.717, 1.165) is 36.9 Å². The molecule has 4 heteroatoms. The summed E-state index contributed by atoms with van der Waals surface area (Å²) >= 11 is 0. The lowest BCUT2D eigenvalue weighted by atomic mass is 10.4. The fourth-order valence-corrected chi connectivity index (χ4v) is 2.23. The molecule has 2 aromatic heterocycles. The van der Waals surface area contributed by atoms with E-state index in [2.05, 4.69) is 26.8 Å². The maximum absolute atomic E-state index is 4.64. The van der Waals surface area contributed by atoms with E-state index >= 15 is 0 Å². The number of pyridine rings is 1. The van der Waals surface area contributed by atoms with Crippen molar-refractivity contribution in [3.63, 3.8) is 0 Å². The summed E-state index contributed by atoms with van der Waals surface area (Å²) in [6, 6.07) is 2.04. The molecule has 0 unspecified atom stereocenters. The summed E-state index contributed by atoms with van der Waals surface area (Å²) in [4.78, 5) is 8.76. The molecule has 0 atom stereocenters. The van der Waals surface area contributed by atoms with Crippen LogP contribution in [0.15, 0.2) is 18.5 Å². The molecule has 90 valence electrons. The predicted molar refractivity (Wildman–Crippen MR) is 67.6 cm³/mol. The second-order valence-corrected chi connectivity index (χ2v) is 4.71. The molecule has 0 spiro atoms. The number of fused-ring (bicyclic) bond motifs is 1. The largest absolute Gasteiger partial charge is 0.327 e. The van der Waals surface area contributed by atoms with E-state index in [4.69, 9.17) is 0 Å². The van der Waals surface area contributed by atoms with Gasteiger partial charge in [0.25, 0.3) is 0 Å². The molecule has 1 fully saturated rings. The number of rotatable bonds is 5. The zero-order valence-electron chi connectivity index (χ0n) is 10.2. The Kier molecular flexibility index (Phi) is 2.81. The Bertz CT molecular complexity index is 513. The van der Waals surface area contributed by atoms with Crippen LogP contribution in [0.25, 0.3) is 11.0 Å². The highest BCUT2D eigenvalue weighted by Gasteiger charge is 2.20. The Labute approximate surface area is 101 Å². The molecule has 0 bridgehead atoms. The van der Waals surface area contributed by atoms with Gasteiger partial charge in [0.1, 0.15) is 11.3 Å². The molecular weight excluding hydrogens is 212 g/mol. The van der Waals surface area contributed by atoms with Crippen molar-refractivity contribution in [1.29, 1.82) is 0 Å². The van der Waals surface area contributed by atoms with Crippen molar-refractivity contribution in [3.8, 4) is 0 Å². The lowest BCUT2D eigenvalue weighted by Crippen LogP contribution is -2.19. The molecule has 0 aliphatic heterocycles. The standard InChI is InChI=1S/C13H18N4/c1-2-17-12-5-6-14-8-11(12)16-13(17)9-15-7-10-3-4-10/h5-6,8,10,15H,2-4,7,9H2,1H3. The minimum absolute atomic E-state index is 0.860. The van der Waals surface area contributed by atoms with Gasteiger partial charge in [-0.05, 0) is 38.3 Å². The number of imidazole rings is 1. The minimum atomic E-state index is 0.860. The van der Waals surface area contributed by atoms with Gasteiger partial charge in [-0.15, -0.1) is 0 Å². The minimum Gasteiger partial charge on any atom is -0.327 e. The summed E-state index contributed by atoms with van der Waals surface area (Å²) in [5.74, 6) is 2.03. The van der Waals surface area contributed by atoms with E-state index in [1.165, 1.54) is 18.4 Å². The Hall–Kier alpha value is -1.42. The summed E-state index contributed by atoms with van der Waals surface area (Å²) in [6.45, 7) is 5.11. The second kappa shape index (κ2) is 4.45. The molecule has 1 aliphatic carbocycles. The lowest BCUT2D eigenvalue weighted by Gasteiger charge is -2.06. The molecule has 3 rings (SSSR count). The molecule has 17 heavy (non-hydrogen) atoms. The third-order valence-corrected chi connectivity index (χ3v) is 3.36. The summed E-state index contributed by atoms with van der Waals surface area (Å²) in [5, 5.41) is 3.50. The molecule has 0 aromatic carbocycles. The first-order valence-electron chi connectivity index (χ1n) is 6.38. The SMILES string of the molecule is CCn1c(CNCC2CC2)nc2cnccc21. The number of hydrogen-bond donors (Lipinski definition) is 1. The smallest absolute Gasteiger partial charge is 0.123 e. The maximum atomic E-state index is 4.64. The van der Waals surface area contributed by atoms with E-state index in [1.54, 1.807) is 0 Å². The maximum Gasteiger partial charge on any atom is 0.123 e. The summed E-state index contributed by atoms with van der Waals surface area (Å²) in [7, 11) is 0. The van der Waals surface area contributed by atoms with E-state index < -0.39 is 0 Å². The molecule has 2 aromatic rings. The molecule has 1 saturated carbocycles. The van der Waals surface area contributed by atoms with Crippen LogP contribution in [0, 0.1) is 5.92 Å². The topological polar surface area (TPSA) is 42.7 Å². The fourth-order valence-electron chi connectivity index (χ4n) is 2.23. The normalized spacial score (nSPS) is 15.6. The van der Waals surface area contributed by atoms with Gasteiger partial charge in [0.05, 0.1) is 18.3 Å². The summed E-state index contributed by atoms with van der Waals surface area (Å²) < 4.78 is 2.26. The van der Waals surface area contributed by atoms with Crippen molar-refractivity contribution in [3.05, 3.63) is 24.3 Å². The van der Waals surface area contributed by atoms with Gasteiger partial charge in [0.15, 0.2) is 0 Å². The molecule has 0 radical (unpaired) electrons. The molecule has 0 amide bonds. The molecule has 0 saturated heterocycles. The zero-order chi connectivity index (χ0) is 11.7. The average molecular weight is 230 g/mol. The van der Waals surface area contributed by atoms with Crippen LogP contribution >= 0.6 is 0 Å². The van der Waals surface area contributed by atoms with Crippen molar-refractivity contribution in [2.45, 2.75) is 32.9 Å². The first kappa shape index (κ1) is 10.7. The van der Waals surface area contributed by atoms with Crippen LogP contribution in [0.3, 0.4) is 0 Å². The number of hydrogen-bond acceptors (Lipinski definition) is 3. The quantitative estimate of drug-likeness (QED) is 0.853. The molecule has 1 N–H and O–H groups in total. The van der Waals surface area contributed by atoms with Crippen LogP contribution in [0.4, 0.5) is 0 Å². The Morgan fingerprint density at radius 2 is 2.35 bits per heavy atom. The Balaban J connectivity index is 1.81. The predicted octanol–water partition coefficient (Wildman–Crippen LogP) is 1.95. The lowest BCUT2D eigenvalue weighted by molar-refractivity contribution is 0.594. The van der Waals surface area contributed by atoms with E-state index in [0.29, 0.717) is 0 Å². The molecule has 4 nitrogen and oxygen atoms in total. The summed E-state index contributed by atoms with van der Waals surface area (Å²) in [5.41, 5.74) is 2.18. The number of nitrogens with one attached hydrogen (secondary N) is 1. The highest BCUT2D eigenvalue weighted by atomic mass is 15.1. The number of aromatic nitrogens is 3. The first-order chi connectivity index (χ1) is 8.38. The first-order valence-corrected chi connectivity index (χ1v) is 6.38. The van der Waals surface area contributed by atoms with Crippen molar-refractivity contribution in [2.75, 3.05) is 6.54 Å². The van der Waals surface area contributed by atoms with Crippen LogP contribution in [0.2, 0.25) is 0 Å². The van der Waals surface area contributed by atoms with E-state index in [1.807, 2.05) is 18.5 Å². The monoisotopic (exact) mass is 230 g/mol. The van der Waals surface area contributed by atoms with Gasteiger partial charge in [-0.1, -0.05) is 0 Å². The third-order valence-electron chi connectivity index (χ3n) is 3.36. The van der Waals surface area contributed by atoms with Crippen LogP contribution in [-0.4, -0.2) is 21.1 Å². The third kappa shape index (κ3) is 2.17.